The largest absolute Gasteiger partial charge is 0.476 e. The molecule has 0 fully saturated rings. The van der Waals surface area contributed by atoms with Crippen molar-refractivity contribution in [2.75, 3.05) is 0 Å². The summed E-state index contributed by atoms with van der Waals surface area (Å²) in [6.45, 7) is 1.45. The van der Waals surface area contributed by atoms with E-state index in [0.29, 0.717) is 6.54 Å². The van der Waals surface area contributed by atoms with Crippen LogP contribution in [0.2, 0.25) is 0 Å². The van der Waals surface area contributed by atoms with E-state index < -0.39 is 5.97 Å². The van der Waals surface area contributed by atoms with Gasteiger partial charge in [0.2, 0.25) is 5.01 Å². The number of hydrogen-bond acceptors (Lipinski definition) is 5. The van der Waals surface area contributed by atoms with Gasteiger partial charge in [0.25, 0.3) is 0 Å². The lowest BCUT2D eigenvalue weighted by Gasteiger charge is -2.00. The Hall–Kier alpha value is -1.24. The summed E-state index contributed by atoms with van der Waals surface area (Å²) in [6, 6.07) is 2.30. The molecule has 0 atom stereocenters. The van der Waals surface area contributed by atoms with Crippen molar-refractivity contribution in [3.8, 4) is 0 Å². The molecule has 0 radical (unpaired) electrons. The number of carbonyl (C=O) groups is 1. The normalized spacial score (nSPS) is 13.7. The summed E-state index contributed by atoms with van der Waals surface area (Å²) in [5.41, 5.74) is 2.31. The van der Waals surface area contributed by atoms with Crippen LogP contribution in [0.25, 0.3) is 0 Å². The van der Waals surface area contributed by atoms with Gasteiger partial charge in [0.05, 0.1) is 5.69 Å². The highest BCUT2D eigenvalue weighted by Crippen LogP contribution is 2.30. The van der Waals surface area contributed by atoms with Gasteiger partial charge in [-0.25, -0.2) is 9.78 Å². The van der Waals surface area contributed by atoms with E-state index in [4.69, 9.17) is 5.11 Å². The van der Waals surface area contributed by atoms with Crippen LogP contribution in [0.4, 0.5) is 0 Å². The average Bonchev–Trinajstić information content (AvgIpc) is 3.02. The van der Waals surface area contributed by atoms with E-state index >= 15 is 0 Å². The molecule has 6 heteroatoms. The molecule has 4 nitrogen and oxygen atoms in total. The average molecular weight is 294 g/mol. The van der Waals surface area contributed by atoms with Gasteiger partial charge >= 0.3 is 5.97 Å². The summed E-state index contributed by atoms with van der Waals surface area (Å²) in [6.07, 6.45) is 3.75. The molecule has 0 unspecified atom stereocenters. The minimum absolute atomic E-state index is 0.159. The van der Waals surface area contributed by atoms with Crippen LogP contribution in [0.1, 0.15) is 37.2 Å². The summed E-state index contributed by atoms with van der Waals surface area (Å²) in [5, 5.41) is 14.1. The molecule has 0 saturated carbocycles. The first-order valence-corrected chi connectivity index (χ1v) is 7.91. The highest BCUT2D eigenvalue weighted by Gasteiger charge is 2.14. The quantitative estimate of drug-likeness (QED) is 0.890. The molecule has 0 amide bonds. The molecule has 2 aromatic rings. The third-order valence-corrected chi connectivity index (χ3v) is 5.25. The lowest BCUT2D eigenvalue weighted by molar-refractivity contribution is 0.0696. The minimum atomic E-state index is -0.953. The lowest BCUT2D eigenvalue weighted by Crippen LogP contribution is -2.12. The second kappa shape index (κ2) is 5.40. The van der Waals surface area contributed by atoms with E-state index in [-0.39, 0.29) is 5.01 Å². The van der Waals surface area contributed by atoms with Crippen molar-refractivity contribution in [1.29, 1.82) is 0 Å². The molecule has 0 saturated heterocycles. The summed E-state index contributed by atoms with van der Waals surface area (Å²) in [5.74, 6) is -0.953. The molecule has 2 heterocycles. The van der Waals surface area contributed by atoms with Crippen LogP contribution < -0.4 is 5.32 Å². The smallest absolute Gasteiger partial charge is 0.365 e. The summed E-state index contributed by atoms with van der Waals surface area (Å²) in [7, 11) is 0. The molecule has 0 spiro atoms. The zero-order valence-corrected chi connectivity index (χ0v) is 11.9. The van der Waals surface area contributed by atoms with Gasteiger partial charge < -0.3 is 10.4 Å². The van der Waals surface area contributed by atoms with Gasteiger partial charge in [0.1, 0.15) is 0 Å². The predicted octanol–water partition coefficient (Wildman–Crippen LogP) is 2.68. The molecule has 0 bridgehead atoms. The van der Waals surface area contributed by atoms with Crippen molar-refractivity contribution < 1.29 is 9.90 Å². The van der Waals surface area contributed by atoms with Crippen LogP contribution in [0.5, 0.6) is 0 Å². The summed E-state index contributed by atoms with van der Waals surface area (Å²) >= 11 is 3.07. The summed E-state index contributed by atoms with van der Waals surface area (Å²) < 4.78 is 0. The molecular weight excluding hydrogens is 280 g/mol. The molecular formula is C13H14N2O2S2. The van der Waals surface area contributed by atoms with Crippen molar-refractivity contribution in [3.63, 3.8) is 0 Å². The highest BCUT2D eigenvalue weighted by atomic mass is 32.1. The number of thiophene rings is 1. The van der Waals surface area contributed by atoms with Gasteiger partial charge in [-0.3, -0.25) is 0 Å². The molecule has 100 valence electrons. The molecule has 2 N–H and O–H groups in total. The second-order valence-electron chi connectivity index (χ2n) is 4.57. The number of nitrogens with one attached hydrogen (secondary N) is 1. The number of aromatic nitrogens is 1. The van der Waals surface area contributed by atoms with E-state index in [0.717, 1.165) is 12.2 Å². The molecule has 3 rings (SSSR count). The van der Waals surface area contributed by atoms with Gasteiger partial charge in [-0.1, -0.05) is 0 Å². The zero-order chi connectivity index (χ0) is 13.2. The number of carboxylic acids is 1. The van der Waals surface area contributed by atoms with Crippen LogP contribution in [0.3, 0.4) is 0 Å². The molecule has 19 heavy (non-hydrogen) atoms. The van der Waals surface area contributed by atoms with Crippen LogP contribution in [-0.4, -0.2) is 16.1 Å². The van der Waals surface area contributed by atoms with Gasteiger partial charge in [-0.2, -0.15) is 0 Å². The molecule has 0 aliphatic heterocycles. The molecule has 2 aromatic heterocycles. The number of fused-ring (bicyclic) bond motifs is 1. The fourth-order valence-electron chi connectivity index (χ4n) is 2.28. The number of rotatable bonds is 5. The Labute approximate surface area is 119 Å². The van der Waals surface area contributed by atoms with E-state index in [9.17, 15) is 4.79 Å². The van der Waals surface area contributed by atoms with Crippen molar-refractivity contribution in [2.24, 2.45) is 0 Å². The number of thiazole rings is 1. The number of aryl methyl sites for hydroxylation is 2. The maximum absolute atomic E-state index is 10.7. The van der Waals surface area contributed by atoms with Gasteiger partial charge in [-0.15, -0.1) is 22.7 Å². The number of aromatic carboxylic acids is 1. The monoisotopic (exact) mass is 294 g/mol. The first-order chi connectivity index (χ1) is 9.22. The Balaban J connectivity index is 1.53. The van der Waals surface area contributed by atoms with Gasteiger partial charge in [-0.05, 0) is 30.9 Å². The van der Waals surface area contributed by atoms with Gasteiger partial charge in [0.15, 0.2) is 0 Å². The molecule has 1 aliphatic carbocycles. The SMILES string of the molecule is O=C(O)c1nc(CNCc2cc3c(s2)CCC3)cs1. The van der Waals surface area contributed by atoms with E-state index in [1.807, 2.05) is 11.3 Å². The fraction of sp³-hybridized carbons (Fsp3) is 0.385. The Morgan fingerprint density at radius 2 is 2.32 bits per heavy atom. The first-order valence-electron chi connectivity index (χ1n) is 6.21. The van der Waals surface area contributed by atoms with Crippen molar-refractivity contribution in [1.82, 2.24) is 10.3 Å². The van der Waals surface area contributed by atoms with E-state index in [2.05, 4.69) is 16.4 Å². The standard InChI is InChI=1S/C13H14N2O2S2/c16-13(17)12-15-9(7-18-12)5-14-6-10-4-8-2-1-3-11(8)19-10/h4,7,14H,1-3,5-6H2,(H,16,17). The van der Waals surface area contributed by atoms with E-state index in [1.165, 1.54) is 41.0 Å². The highest BCUT2D eigenvalue weighted by molar-refractivity contribution is 7.12. The minimum Gasteiger partial charge on any atom is -0.476 e. The Bertz CT molecular complexity index is 582. The maximum Gasteiger partial charge on any atom is 0.365 e. The van der Waals surface area contributed by atoms with Crippen LogP contribution in [0.15, 0.2) is 11.4 Å². The molecule has 1 aliphatic rings. The topological polar surface area (TPSA) is 62.2 Å². The number of hydrogen-bond donors (Lipinski definition) is 2. The Kier molecular flexibility index (Phi) is 3.63. The fourth-order valence-corrected chi connectivity index (χ4v) is 4.16. The Morgan fingerprint density at radius 3 is 3.05 bits per heavy atom. The number of carboxylic acid groups (broad SMARTS) is 1. The third kappa shape index (κ3) is 2.86. The van der Waals surface area contributed by atoms with Crippen molar-refractivity contribution >= 4 is 28.6 Å². The van der Waals surface area contributed by atoms with Gasteiger partial charge in [0, 0.05) is 28.2 Å². The number of nitrogens with zero attached hydrogens (tertiary/aromatic N) is 1. The van der Waals surface area contributed by atoms with Crippen LogP contribution in [-0.2, 0) is 25.9 Å². The molecule has 0 aromatic carbocycles. The first kappa shape index (κ1) is 12.8. The Morgan fingerprint density at radius 1 is 1.42 bits per heavy atom. The van der Waals surface area contributed by atoms with Crippen LogP contribution in [0, 0.1) is 0 Å². The van der Waals surface area contributed by atoms with E-state index in [1.54, 1.807) is 10.3 Å². The summed E-state index contributed by atoms with van der Waals surface area (Å²) in [4.78, 5) is 17.7. The predicted molar refractivity (Wildman–Crippen MR) is 76.0 cm³/mol. The third-order valence-electron chi connectivity index (χ3n) is 3.14. The van der Waals surface area contributed by atoms with Crippen molar-refractivity contribution in [2.45, 2.75) is 32.4 Å². The maximum atomic E-state index is 10.7. The zero-order valence-electron chi connectivity index (χ0n) is 10.3. The van der Waals surface area contributed by atoms with Crippen molar-refractivity contribution in [3.05, 3.63) is 37.5 Å². The van der Waals surface area contributed by atoms with Crippen LogP contribution >= 0.6 is 22.7 Å². The lowest BCUT2D eigenvalue weighted by atomic mass is 10.2. The second-order valence-corrected chi connectivity index (χ2v) is 6.65.